The quantitative estimate of drug-likeness (QED) is 0.816. The summed E-state index contributed by atoms with van der Waals surface area (Å²) in [5.74, 6) is 1.09. The summed E-state index contributed by atoms with van der Waals surface area (Å²) in [6, 6.07) is 6.22. The molecule has 3 heterocycles. The van der Waals surface area contributed by atoms with E-state index < -0.39 is 5.41 Å². The van der Waals surface area contributed by atoms with E-state index in [0.717, 1.165) is 40.6 Å². The number of rotatable bonds is 2. The second-order valence-electron chi connectivity index (χ2n) is 8.06. The summed E-state index contributed by atoms with van der Waals surface area (Å²) in [6.45, 7) is 9.01. The molecule has 0 radical (unpaired) electrons. The highest BCUT2D eigenvalue weighted by atomic mass is 16.2. The Hall–Kier alpha value is -2.82. The Labute approximate surface area is 160 Å². The molecule has 0 atom stereocenters. The summed E-state index contributed by atoms with van der Waals surface area (Å²) in [5, 5.41) is 0. The van der Waals surface area contributed by atoms with Crippen LogP contribution in [0.3, 0.4) is 0 Å². The van der Waals surface area contributed by atoms with Crippen LogP contribution >= 0.6 is 0 Å². The lowest BCUT2D eigenvalue weighted by Gasteiger charge is -2.23. The molecule has 0 saturated carbocycles. The average Bonchev–Trinajstić information content (AvgIpc) is 3.10. The van der Waals surface area contributed by atoms with Crippen molar-refractivity contribution < 1.29 is 4.79 Å². The van der Waals surface area contributed by atoms with Gasteiger partial charge in [0.05, 0.1) is 11.1 Å². The number of carbonyl (C=O) groups excluding carboxylic acids is 1. The minimum absolute atomic E-state index is 0.133. The van der Waals surface area contributed by atoms with Gasteiger partial charge in [0.25, 0.3) is 0 Å². The van der Waals surface area contributed by atoms with Gasteiger partial charge < -0.3 is 14.4 Å². The molecule has 4 rings (SSSR count). The molecule has 0 fully saturated rings. The Morgan fingerprint density at radius 1 is 1.15 bits per heavy atom. The first-order valence-corrected chi connectivity index (χ1v) is 9.29. The largest absolute Gasteiger partial charge is 0.374 e. The average molecular weight is 362 g/mol. The smallest absolute Gasteiger partial charge is 0.236 e. The van der Waals surface area contributed by atoms with Gasteiger partial charge in [0.1, 0.15) is 5.82 Å². The predicted octanol–water partition coefficient (Wildman–Crippen LogP) is 3.80. The zero-order valence-electron chi connectivity index (χ0n) is 16.9. The van der Waals surface area contributed by atoms with Crippen molar-refractivity contribution in [3.8, 4) is 11.3 Å². The molecule has 0 N–H and O–H groups in total. The van der Waals surface area contributed by atoms with E-state index in [1.165, 1.54) is 5.70 Å². The van der Waals surface area contributed by atoms with Gasteiger partial charge in [0.2, 0.25) is 5.91 Å². The van der Waals surface area contributed by atoms with E-state index in [9.17, 15) is 4.79 Å². The van der Waals surface area contributed by atoms with Crippen molar-refractivity contribution in [3.05, 3.63) is 53.6 Å². The van der Waals surface area contributed by atoms with Crippen molar-refractivity contribution in [3.63, 3.8) is 0 Å². The molecule has 0 bridgehead atoms. The Morgan fingerprint density at radius 2 is 1.89 bits per heavy atom. The number of allylic oxidation sites excluding steroid dienone is 3. The number of carbonyl (C=O) groups is 1. The van der Waals surface area contributed by atoms with Gasteiger partial charge in [-0.2, -0.15) is 0 Å². The maximum absolute atomic E-state index is 12.5. The van der Waals surface area contributed by atoms with Crippen molar-refractivity contribution in [2.45, 2.75) is 33.1 Å². The Morgan fingerprint density at radius 3 is 2.59 bits per heavy atom. The summed E-state index contributed by atoms with van der Waals surface area (Å²) in [4.78, 5) is 21.3. The number of hydrogen-bond donors (Lipinski definition) is 0. The third-order valence-electron chi connectivity index (χ3n) is 5.86. The van der Waals surface area contributed by atoms with Gasteiger partial charge >= 0.3 is 0 Å². The Balaban J connectivity index is 1.74. The van der Waals surface area contributed by atoms with Crippen LogP contribution in [0, 0.1) is 6.92 Å². The number of benzene rings is 1. The van der Waals surface area contributed by atoms with E-state index in [-0.39, 0.29) is 5.91 Å². The monoisotopic (exact) mass is 362 g/mol. The number of anilines is 1. The zero-order chi connectivity index (χ0) is 19.5. The van der Waals surface area contributed by atoms with Crippen molar-refractivity contribution in [2.75, 3.05) is 25.5 Å². The van der Waals surface area contributed by atoms with Crippen LogP contribution in [0.1, 0.15) is 32.2 Å². The maximum Gasteiger partial charge on any atom is 0.236 e. The van der Waals surface area contributed by atoms with Gasteiger partial charge in [-0.15, -0.1) is 0 Å². The normalized spacial score (nSPS) is 18.5. The summed E-state index contributed by atoms with van der Waals surface area (Å²) < 4.78 is 2.14. The first-order chi connectivity index (χ1) is 12.7. The number of imidazole rings is 1. The van der Waals surface area contributed by atoms with Crippen molar-refractivity contribution in [1.29, 1.82) is 0 Å². The van der Waals surface area contributed by atoms with Crippen LogP contribution in [0.4, 0.5) is 5.69 Å². The van der Waals surface area contributed by atoms with E-state index >= 15 is 0 Å². The van der Waals surface area contributed by atoms with Gasteiger partial charge in [-0.1, -0.05) is 12.1 Å². The van der Waals surface area contributed by atoms with Gasteiger partial charge in [0.15, 0.2) is 0 Å². The molecule has 2 aromatic rings. The number of hydrogen-bond acceptors (Lipinski definition) is 3. The molecule has 1 aromatic carbocycles. The van der Waals surface area contributed by atoms with Crippen LogP contribution in [0.5, 0.6) is 0 Å². The molecule has 5 heteroatoms. The molecule has 2 aliphatic heterocycles. The fourth-order valence-corrected chi connectivity index (χ4v) is 3.94. The highest BCUT2D eigenvalue weighted by molar-refractivity contribution is 6.07. The molecule has 2 aliphatic rings. The lowest BCUT2D eigenvalue weighted by molar-refractivity contribution is -0.121. The molecular weight excluding hydrogens is 336 g/mol. The number of amides is 1. The molecular formula is C22H26N4O. The minimum atomic E-state index is -0.473. The molecule has 5 nitrogen and oxygen atoms in total. The third-order valence-corrected chi connectivity index (χ3v) is 5.86. The summed E-state index contributed by atoms with van der Waals surface area (Å²) in [7, 11) is 3.94. The molecule has 140 valence electrons. The maximum atomic E-state index is 12.5. The zero-order valence-corrected chi connectivity index (χ0v) is 16.9. The Bertz CT molecular complexity index is 1010. The van der Waals surface area contributed by atoms with Crippen molar-refractivity contribution in [2.24, 2.45) is 0 Å². The second kappa shape index (κ2) is 5.84. The lowest BCUT2D eigenvalue weighted by Crippen LogP contribution is -2.33. The number of likely N-dealkylation sites (N-methyl/N-ethyl adjacent to an activating group) is 2. The van der Waals surface area contributed by atoms with E-state index in [2.05, 4.69) is 60.0 Å². The molecule has 0 saturated heterocycles. The SMILES string of the molecule is CC1=CC(n2cc(-c3ccc4c(c3)N(C)C(=O)C4(C)C)nc2C)=CCN1C. The van der Waals surface area contributed by atoms with Crippen molar-refractivity contribution >= 4 is 17.3 Å². The minimum Gasteiger partial charge on any atom is -0.374 e. The van der Waals surface area contributed by atoms with Crippen LogP contribution in [-0.4, -0.2) is 41.0 Å². The summed E-state index contributed by atoms with van der Waals surface area (Å²) in [5.41, 5.74) is 5.92. The van der Waals surface area contributed by atoms with E-state index in [1.807, 2.05) is 27.8 Å². The van der Waals surface area contributed by atoms with Gasteiger partial charge in [-0.3, -0.25) is 4.79 Å². The second-order valence-corrected chi connectivity index (χ2v) is 8.06. The fraction of sp³-hybridized carbons (Fsp3) is 0.364. The lowest BCUT2D eigenvalue weighted by atomic mass is 9.86. The van der Waals surface area contributed by atoms with Crippen LogP contribution < -0.4 is 4.90 Å². The van der Waals surface area contributed by atoms with Gasteiger partial charge in [-0.25, -0.2) is 4.98 Å². The first-order valence-electron chi connectivity index (χ1n) is 9.29. The Kier molecular flexibility index (Phi) is 3.81. The highest BCUT2D eigenvalue weighted by Crippen LogP contribution is 2.42. The first kappa shape index (κ1) is 17.6. The molecule has 0 spiro atoms. The van der Waals surface area contributed by atoms with Crippen molar-refractivity contribution in [1.82, 2.24) is 14.5 Å². The summed E-state index contributed by atoms with van der Waals surface area (Å²) in [6.07, 6.45) is 6.47. The predicted molar refractivity (Wildman–Crippen MR) is 109 cm³/mol. The van der Waals surface area contributed by atoms with Crippen LogP contribution in [0.2, 0.25) is 0 Å². The molecule has 0 aliphatic carbocycles. The van der Waals surface area contributed by atoms with Crippen LogP contribution in [0.15, 0.2) is 42.2 Å². The van der Waals surface area contributed by atoms with Crippen LogP contribution in [0.25, 0.3) is 17.0 Å². The number of nitrogens with zero attached hydrogens (tertiary/aromatic N) is 4. The summed E-state index contributed by atoms with van der Waals surface area (Å²) >= 11 is 0. The number of fused-ring (bicyclic) bond motifs is 1. The van der Waals surface area contributed by atoms with E-state index in [1.54, 1.807) is 4.90 Å². The van der Waals surface area contributed by atoms with Crippen LogP contribution in [-0.2, 0) is 10.2 Å². The van der Waals surface area contributed by atoms with E-state index in [0.29, 0.717) is 0 Å². The number of aromatic nitrogens is 2. The highest BCUT2D eigenvalue weighted by Gasteiger charge is 2.42. The standard InChI is InChI=1S/C22H26N4O/c1-14-11-17(9-10-24(14)5)26-13-19(23-15(26)2)16-7-8-18-20(12-16)25(6)21(27)22(18,3)4/h7-9,11-13H,10H2,1-6H3. The van der Waals surface area contributed by atoms with Gasteiger partial charge in [-0.05, 0) is 51.5 Å². The molecule has 1 aromatic heterocycles. The third kappa shape index (κ3) is 2.60. The molecule has 27 heavy (non-hydrogen) atoms. The fourth-order valence-electron chi connectivity index (χ4n) is 3.94. The van der Waals surface area contributed by atoms with E-state index in [4.69, 9.17) is 4.98 Å². The van der Waals surface area contributed by atoms with Gasteiger partial charge in [0, 0.05) is 49.5 Å². The number of aryl methyl sites for hydroxylation is 1. The topological polar surface area (TPSA) is 41.4 Å². The molecule has 1 amide bonds. The molecule has 0 unspecified atom stereocenters.